The van der Waals surface area contributed by atoms with E-state index in [0.29, 0.717) is 6.42 Å². The molecule has 0 aromatic carbocycles. The minimum Gasteiger partial charge on any atom is -0.394 e. The highest BCUT2D eigenvalue weighted by molar-refractivity contribution is 4.96. The molecule has 1 aliphatic heterocycles. The number of aliphatic hydroxyl groups is 1. The molecule has 0 bridgehead atoms. The van der Waals surface area contributed by atoms with E-state index >= 15 is 0 Å². The fourth-order valence-corrected chi connectivity index (χ4v) is 2.45. The van der Waals surface area contributed by atoms with Gasteiger partial charge in [0.25, 0.3) is 0 Å². The monoisotopic (exact) mass is 275 g/mol. The summed E-state index contributed by atoms with van der Waals surface area (Å²) in [5.41, 5.74) is 5.43. The first-order valence-corrected chi connectivity index (χ1v) is 6.85. The van der Waals surface area contributed by atoms with Crippen LogP contribution in [0.1, 0.15) is 41.0 Å². The molecule has 1 saturated heterocycles. The summed E-state index contributed by atoms with van der Waals surface area (Å²) < 4.78 is 17.3. The summed E-state index contributed by atoms with van der Waals surface area (Å²) in [4.78, 5) is 0. The molecule has 19 heavy (non-hydrogen) atoms. The van der Waals surface area contributed by atoms with Crippen molar-refractivity contribution in [3.63, 3.8) is 0 Å². The van der Waals surface area contributed by atoms with Crippen molar-refractivity contribution >= 4 is 0 Å². The highest BCUT2D eigenvalue weighted by atomic mass is 16.6. The van der Waals surface area contributed by atoms with Crippen molar-refractivity contribution < 1.29 is 19.3 Å². The molecule has 4 atom stereocenters. The van der Waals surface area contributed by atoms with Crippen molar-refractivity contribution in [2.45, 2.75) is 76.6 Å². The Morgan fingerprint density at radius 1 is 1.26 bits per heavy atom. The number of methoxy groups -OCH3 is 1. The van der Waals surface area contributed by atoms with Crippen molar-refractivity contribution in [2.75, 3.05) is 13.7 Å². The first kappa shape index (κ1) is 16.9. The molecule has 3 N–H and O–H groups in total. The molecule has 1 heterocycles. The Bertz CT molecular complexity index is 288. The van der Waals surface area contributed by atoms with Crippen molar-refractivity contribution in [3.05, 3.63) is 0 Å². The summed E-state index contributed by atoms with van der Waals surface area (Å²) in [6.07, 6.45) is -0.156. The highest BCUT2D eigenvalue weighted by Crippen LogP contribution is 2.31. The second-order valence-electron chi connectivity index (χ2n) is 6.75. The average molecular weight is 275 g/mol. The molecule has 0 aromatic rings. The average Bonchev–Trinajstić information content (AvgIpc) is 2.26. The van der Waals surface area contributed by atoms with Gasteiger partial charge in [-0.3, -0.25) is 0 Å². The van der Waals surface area contributed by atoms with Crippen LogP contribution in [0.5, 0.6) is 0 Å². The van der Waals surface area contributed by atoms with E-state index in [4.69, 9.17) is 19.9 Å². The van der Waals surface area contributed by atoms with Gasteiger partial charge in [0.1, 0.15) is 12.2 Å². The summed E-state index contributed by atoms with van der Waals surface area (Å²) in [7, 11) is 1.64. The lowest BCUT2D eigenvalue weighted by molar-refractivity contribution is -0.227. The minimum atomic E-state index is -0.487. The third-order valence-electron chi connectivity index (χ3n) is 3.53. The molecule has 0 aromatic heterocycles. The number of hydrogen-bond donors (Lipinski definition) is 2. The summed E-state index contributed by atoms with van der Waals surface area (Å²) in [5.74, 6) is 0. The van der Waals surface area contributed by atoms with Gasteiger partial charge in [0, 0.05) is 13.2 Å². The van der Waals surface area contributed by atoms with Gasteiger partial charge in [-0.1, -0.05) is 0 Å². The van der Waals surface area contributed by atoms with Gasteiger partial charge in [0.05, 0.1) is 23.9 Å². The molecule has 1 rings (SSSR count). The Hall–Kier alpha value is -0.200. The molecule has 5 nitrogen and oxygen atoms in total. The highest BCUT2D eigenvalue weighted by Gasteiger charge is 2.45. The lowest BCUT2D eigenvalue weighted by atomic mass is 9.87. The van der Waals surface area contributed by atoms with Gasteiger partial charge in [-0.25, -0.2) is 0 Å². The van der Waals surface area contributed by atoms with E-state index in [0.717, 1.165) is 0 Å². The van der Waals surface area contributed by atoms with E-state index < -0.39 is 5.60 Å². The van der Waals surface area contributed by atoms with Gasteiger partial charge < -0.3 is 25.1 Å². The van der Waals surface area contributed by atoms with Crippen LogP contribution in [0.3, 0.4) is 0 Å². The second-order valence-corrected chi connectivity index (χ2v) is 6.75. The molecule has 0 aliphatic carbocycles. The van der Waals surface area contributed by atoms with E-state index in [-0.39, 0.29) is 36.6 Å². The van der Waals surface area contributed by atoms with E-state index in [2.05, 4.69) is 0 Å². The molecule has 0 spiro atoms. The number of rotatable bonds is 4. The molecule has 1 aliphatic rings. The summed E-state index contributed by atoms with van der Waals surface area (Å²) in [6, 6.07) is -0.176. The fourth-order valence-electron chi connectivity index (χ4n) is 2.45. The zero-order valence-electron chi connectivity index (χ0n) is 13.0. The van der Waals surface area contributed by atoms with Crippen LogP contribution in [-0.2, 0) is 14.2 Å². The normalized spacial score (nSPS) is 33.5. The second kappa shape index (κ2) is 6.06. The maximum atomic E-state index is 9.51. The maximum Gasteiger partial charge on any atom is 0.107 e. The maximum absolute atomic E-state index is 9.51. The van der Waals surface area contributed by atoms with Gasteiger partial charge in [0.2, 0.25) is 0 Å². The minimum absolute atomic E-state index is 0.0796. The summed E-state index contributed by atoms with van der Waals surface area (Å²) in [6.45, 7) is 9.76. The summed E-state index contributed by atoms with van der Waals surface area (Å²) >= 11 is 0. The fraction of sp³-hybridized carbons (Fsp3) is 1.00. The van der Waals surface area contributed by atoms with Crippen LogP contribution in [0.4, 0.5) is 0 Å². The van der Waals surface area contributed by atoms with E-state index in [9.17, 15) is 5.11 Å². The first-order valence-electron chi connectivity index (χ1n) is 6.85. The molecule has 5 heteroatoms. The Kier molecular flexibility index (Phi) is 5.37. The lowest BCUT2D eigenvalue weighted by Crippen LogP contribution is -2.61. The topological polar surface area (TPSA) is 73.9 Å². The van der Waals surface area contributed by atoms with Crippen molar-refractivity contribution in [2.24, 2.45) is 5.73 Å². The Balaban J connectivity index is 2.79. The number of nitrogens with two attached hydrogens (primary N) is 1. The number of hydrogen-bond acceptors (Lipinski definition) is 5. The zero-order valence-corrected chi connectivity index (χ0v) is 13.0. The van der Waals surface area contributed by atoms with E-state index in [1.807, 2.05) is 34.6 Å². The molecule has 0 saturated carbocycles. The van der Waals surface area contributed by atoms with Crippen LogP contribution in [0, 0.1) is 0 Å². The van der Waals surface area contributed by atoms with E-state index in [1.165, 1.54) is 0 Å². The van der Waals surface area contributed by atoms with Crippen LogP contribution in [0.25, 0.3) is 0 Å². The molecule has 114 valence electrons. The molecule has 1 fully saturated rings. The summed E-state index contributed by atoms with van der Waals surface area (Å²) in [5, 5.41) is 9.51. The lowest BCUT2D eigenvalue weighted by Gasteiger charge is -2.46. The quantitative estimate of drug-likeness (QED) is 0.803. The van der Waals surface area contributed by atoms with Gasteiger partial charge in [-0.15, -0.1) is 0 Å². The van der Waals surface area contributed by atoms with Crippen molar-refractivity contribution in [1.29, 1.82) is 0 Å². The van der Waals surface area contributed by atoms with Crippen molar-refractivity contribution in [1.82, 2.24) is 0 Å². The third kappa shape index (κ3) is 4.39. The largest absolute Gasteiger partial charge is 0.394 e. The third-order valence-corrected chi connectivity index (χ3v) is 3.53. The smallest absolute Gasteiger partial charge is 0.107 e. The molecule has 4 unspecified atom stereocenters. The number of aliphatic hydroxyl groups excluding tert-OH is 1. The molecular weight excluding hydrogens is 246 g/mol. The predicted molar refractivity (Wildman–Crippen MR) is 74.1 cm³/mol. The van der Waals surface area contributed by atoms with Crippen LogP contribution in [-0.4, -0.2) is 54.4 Å². The van der Waals surface area contributed by atoms with Crippen LogP contribution in [0.15, 0.2) is 0 Å². The SMILES string of the molecule is COC(C)(C)C1OC(CO)C(OC(C)(C)C)CC1N. The van der Waals surface area contributed by atoms with Crippen LogP contribution in [0.2, 0.25) is 0 Å². The van der Waals surface area contributed by atoms with Gasteiger partial charge in [-0.2, -0.15) is 0 Å². The Morgan fingerprint density at radius 3 is 2.26 bits per heavy atom. The van der Waals surface area contributed by atoms with Gasteiger partial charge >= 0.3 is 0 Å². The van der Waals surface area contributed by atoms with Crippen LogP contribution >= 0.6 is 0 Å². The van der Waals surface area contributed by atoms with Gasteiger partial charge in [-0.05, 0) is 41.0 Å². The van der Waals surface area contributed by atoms with Crippen molar-refractivity contribution in [3.8, 4) is 0 Å². The predicted octanol–water partition coefficient (Wildman–Crippen LogP) is 1.07. The standard InChI is InChI=1S/C14H29NO4/c1-13(2,3)19-10-7-9(15)12(14(4,5)17-6)18-11(10)8-16/h9-12,16H,7-8,15H2,1-6H3. The zero-order chi connectivity index (χ0) is 14.8. The van der Waals surface area contributed by atoms with Crippen LogP contribution < -0.4 is 5.73 Å². The molecular formula is C14H29NO4. The number of ether oxygens (including phenoxy) is 3. The first-order chi connectivity index (χ1) is 8.60. The molecule has 0 amide bonds. The molecule has 0 radical (unpaired) electrons. The Labute approximate surface area is 116 Å². The Morgan fingerprint density at radius 2 is 1.84 bits per heavy atom. The van der Waals surface area contributed by atoms with E-state index in [1.54, 1.807) is 7.11 Å². The van der Waals surface area contributed by atoms with Gasteiger partial charge in [0.15, 0.2) is 0 Å².